The van der Waals surface area contributed by atoms with Gasteiger partial charge < -0.3 is 15.5 Å². The normalized spacial score (nSPS) is 15.0. The van der Waals surface area contributed by atoms with Crippen molar-refractivity contribution in [3.8, 4) is 0 Å². The lowest BCUT2D eigenvalue weighted by atomic mass is 9.96. The van der Waals surface area contributed by atoms with E-state index in [-0.39, 0.29) is 17.9 Å². The van der Waals surface area contributed by atoms with Gasteiger partial charge >= 0.3 is 6.03 Å². The van der Waals surface area contributed by atoms with Crippen molar-refractivity contribution in [2.24, 2.45) is 5.92 Å². The first-order valence-electron chi connectivity index (χ1n) is 9.24. The van der Waals surface area contributed by atoms with Crippen LogP contribution >= 0.6 is 11.3 Å². The Hall–Kier alpha value is -2.48. The van der Waals surface area contributed by atoms with Gasteiger partial charge in [0.1, 0.15) is 5.01 Å². The molecule has 2 heterocycles. The van der Waals surface area contributed by atoms with E-state index in [2.05, 4.69) is 20.8 Å². The fourth-order valence-electron chi connectivity index (χ4n) is 2.96. The highest BCUT2D eigenvalue weighted by atomic mass is 32.1. The molecular weight excluding hydrogens is 362 g/mol. The fraction of sp³-hybridized carbons (Fsp3) is 0.474. The van der Waals surface area contributed by atoms with Gasteiger partial charge in [-0.05, 0) is 18.4 Å². The van der Waals surface area contributed by atoms with Crippen molar-refractivity contribution >= 4 is 28.4 Å². The second-order valence-corrected chi connectivity index (χ2v) is 8.00. The van der Waals surface area contributed by atoms with Crippen molar-refractivity contribution in [2.75, 3.05) is 18.4 Å². The van der Waals surface area contributed by atoms with E-state index in [9.17, 15) is 9.59 Å². The van der Waals surface area contributed by atoms with Gasteiger partial charge in [0.2, 0.25) is 11.0 Å². The van der Waals surface area contributed by atoms with Gasteiger partial charge in [0.15, 0.2) is 0 Å². The minimum Gasteiger partial charge on any atom is -0.334 e. The van der Waals surface area contributed by atoms with Crippen LogP contribution in [0.5, 0.6) is 0 Å². The molecule has 1 aromatic heterocycles. The van der Waals surface area contributed by atoms with Crippen molar-refractivity contribution in [2.45, 2.75) is 39.2 Å². The van der Waals surface area contributed by atoms with Gasteiger partial charge in [-0.1, -0.05) is 55.5 Å². The van der Waals surface area contributed by atoms with E-state index in [1.807, 2.05) is 44.2 Å². The van der Waals surface area contributed by atoms with Crippen LogP contribution in [0.15, 0.2) is 30.3 Å². The smallest absolute Gasteiger partial charge is 0.317 e. The molecule has 3 amide bonds. The first-order valence-corrected chi connectivity index (χ1v) is 10.1. The van der Waals surface area contributed by atoms with Gasteiger partial charge in [-0.2, -0.15) is 0 Å². The van der Waals surface area contributed by atoms with E-state index in [0.717, 1.165) is 10.6 Å². The number of amides is 3. The lowest BCUT2D eigenvalue weighted by molar-refractivity contribution is -0.121. The van der Waals surface area contributed by atoms with Crippen LogP contribution in [0.25, 0.3) is 0 Å². The van der Waals surface area contributed by atoms with Crippen LogP contribution in [-0.4, -0.2) is 40.1 Å². The lowest BCUT2D eigenvalue weighted by Crippen LogP contribution is -2.45. The van der Waals surface area contributed by atoms with Crippen molar-refractivity contribution in [1.82, 2.24) is 20.4 Å². The zero-order chi connectivity index (χ0) is 19.2. The van der Waals surface area contributed by atoms with Crippen molar-refractivity contribution in [3.63, 3.8) is 0 Å². The fourth-order valence-corrected chi connectivity index (χ4v) is 3.70. The zero-order valence-electron chi connectivity index (χ0n) is 15.6. The molecule has 2 aromatic rings. The number of aromatic nitrogens is 2. The molecule has 3 rings (SSSR count). The summed E-state index contributed by atoms with van der Waals surface area (Å²) >= 11 is 1.41. The monoisotopic (exact) mass is 387 g/mol. The number of carbonyl (C=O) groups excluding carboxylic acids is 2. The molecular formula is C19H25N5O2S. The number of benzene rings is 1. The summed E-state index contributed by atoms with van der Waals surface area (Å²) in [4.78, 5) is 26.5. The molecule has 0 saturated carbocycles. The number of nitrogens with zero attached hydrogens (tertiary/aromatic N) is 3. The van der Waals surface area contributed by atoms with Crippen LogP contribution < -0.4 is 10.6 Å². The molecule has 144 valence electrons. The van der Waals surface area contributed by atoms with Crippen LogP contribution in [0.4, 0.5) is 9.93 Å². The Kier molecular flexibility index (Phi) is 6.39. The van der Waals surface area contributed by atoms with Crippen LogP contribution in [0.3, 0.4) is 0 Å². The van der Waals surface area contributed by atoms with Gasteiger partial charge in [-0.15, -0.1) is 10.2 Å². The predicted octanol–water partition coefficient (Wildman–Crippen LogP) is 3.22. The highest BCUT2D eigenvalue weighted by molar-refractivity contribution is 7.15. The van der Waals surface area contributed by atoms with Crippen LogP contribution in [-0.2, 0) is 11.3 Å². The van der Waals surface area contributed by atoms with Gasteiger partial charge in [-0.3, -0.25) is 4.79 Å². The van der Waals surface area contributed by atoms with E-state index < -0.39 is 0 Å². The van der Waals surface area contributed by atoms with Crippen LogP contribution in [0, 0.1) is 5.92 Å². The number of anilines is 1. The Morgan fingerprint density at radius 1 is 1.19 bits per heavy atom. The SMILES string of the molecule is CC(C)c1nnc(NC(=O)C2CCN(C(=O)NCc3ccccc3)CC2)s1. The van der Waals surface area contributed by atoms with Crippen molar-refractivity contribution < 1.29 is 9.59 Å². The summed E-state index contributed by atoms with van der Waals surface area (Å²) in [5.41, 5.74) is 1.07. The van der Waals surface area contributed by atoms with Crippen molar-refractivity contribution in [3.05, 3.63) is 40.9 Å². The summed E-state index contributed by atoms with van der Waals surface area (Å²) < 4.78 is 0. The molecule has 8 heteroatoms. The molecule has 7 nitrogen and oxygen atoms in total. The summed E-state index contributed by atoms with van der Waals surface area (Å²) in [5.74, 6) is 0.158. The van der Waals surface area contributed by atoms with E-state index in [0.29, 0.717) is 43.5 Å². The number of piperidine rings is 1. The third-order valence-corrected chi connectivity index (χ3v) is 5.74. The summed E-state index contributed by atoms with van der Waals surface area (Å²) in [6.45, 7) is 5.75. The molecule has 1 fully saturated rings. The third kappa shape index (κ3) is 5.26. The van der Waals surface area contributed by atoms with Gasteiger partial charge in [-0.25, -0.2) is 4.79 Å². The molecule has 0 bridgehead atoms. The van der Waals surface area contributed by atoms with Gasteiger partial charge in [0.05, 0.1) is 0 Å². The molecule has 0 aliphatic carbocycles. The summed E-state index contributed by atoms with van der Waals surface area (Å²) in [6, 6.07) is 9.74. The number of carbonyl (C=O) groups is 2. The van der Waals surface area contributed by atoms with Crippen molar-refractivity contribution in [1.29, 1.82) is 0 Å². The summed E-state index contributed by atoms with van der Waals surface area (Å²) in [6.07, 6.45) is 1.31. The second kappa shape index (κ2) is 8.94. The lowest BCUT2D eigenvalue weighted by Gasteiger charge is -2.31. The average Bonchev–Trinajstić information content (AvgIpc) is 3.16. The first-order chi connectivity index (χ1) is 13.0. The number of urea groups is 1. The Morgan fingerprint density at radius 2 is 1.89 bits per heavy atom. The van der Waals surface area contributed by atoms with E-state index >= 15 is 0 Å². The topological polar surface area (TPSA) is 87.2 Å². The van der Waals surface area contributed by atoms with Gasteiger partial charge in [0, 0.05) is 31.5 Å². The largest absolute Gasteiger partial charge is 0.334 e. The Balaban J connectivity index is 1.43. The maximum absolute atomic E-state index is 12.4. The summed E-state index contributed by atoms with van der Waals surface area (Å²) in [7, 11) is 0. The molecule has 1 aliphatic heterocycles. The Labute approximate surface area is 163 Å². The molecule has 2 N–H and O–H groups in total. The van der Waals surface area contributed by atoms with E-state index in [1.165, 1.54) is 11.3 Å². The van der Waals surface area contributed by atoms with Crippen LogP contribution in [0.2, 0.25) is 0 Å². The van der Waals surface area contributed by atoms with Crippen LogP contribution in [0.1, 0.15) is 43.2 Å². The molecule has 1 aliphatic rings. The maximum atomic E-state index is 12.4. The highest BCUT2D eigenvalue weighted by Gasteiger charge is 2.28. The number of likely N-dealkylation sites (tertiary alicyclic amines) is 1. The Bertz CT molecular complexity index is 769. The highest BCUT2D eigenvalue weighted by Crippen LogP contribution is 2.24. The molecule has 0 spiro atoms. The minimum absolute atomic E-state index is 0.0363. The van der Waals surface area contributed by atoms with Gasteiger partial charge in [0.25, 0.3) is 0 Å². The quantitative estimate of drug-likeness (QED) is 0.825. The zero-order valence-corrected chi connectivity index (χ0v) is 16.5. The molecule has 0 atom stereocenters. The molecule has 0 radical (unpaired) electrons. The maximum Gasteiger partial charge on any atom is 0.317 e. The predicted molar refractivity (Wildman–Crippen MR) is 106 cm³/mol. The van der Waals surface area contributed by atoms with E-state index in [4.69, 9.17) is 0 Å². The Morgan fingerprint density at radius 3 is 2.52 bits per heavy atom. The van der Waals surface area contributed by atoms with E-state index in [1.54, 1.807) is 4.90 Å². The summed E-state index contributed by atoms with van der Waals surface area (Å²) in [5, 5.41) is 15.4. The number of hydrogen-bond acceptors (Lipinski definition) is 5. The molecule has 1 aromatic carbocycles. The number of hydrogen-bond donors (Lipinski definition) is 2. The number of rotatable bonds is 5. The first kappa shape index (κ1) is 19.3. The third-order valence-electron chi connectivity index (χ3n) is 4.60. The number of nitrogens with one attached hydrogen (secondary N) is 2. The molecule has 0 unspecified atom stereocenters. The standard InChI is InChI=1S/C19H25N5O2S/c1-13(2)17-22-23-18(27-17)21-16(25)15-8-10-24(11-9-15)19(26)20-12-14-6-4-3-5-7-14/h3-7,13,15H,8-12H2,1-2H3,(H,20,26)(H,21,23,25). The molecule has 1 saturated heterocycles. The molecule has 27 heavy (non-hydrogen) atoms. The average molecular weight is 388 g/mol. The minimum atomic E-state index is -0.102. The second-order valence-electron chi connectivity index (χ2n) is 7.00.